The molecule has 2 aromatic rings. The number of rotatable bonds is 23. The van der Waals surface area contributed by atoms with Crippen LogP contribution in [0.15, 0.2) is 66.0 Å². The third-order valence-electron chi connectivity index (χ3n) is 8.82. The van der Waals surface area contributed by atoms with E-state index in [9.17, 15) is 18.8 Å². The summed E-state index contributed by atoms with van der Waals surface area (Å²) < 4.78 is 18.8. The van der Waals surface area contributed by atoms with Gasteiger partial charge in [-0.3, -0.25) is 19.4 Å². The van der Waals surface area contributed by atoms with Crippen molar-refractivity contribution in [2.75, 3.05) is 13.3 Å². The summed E-state index contributed by atoms with van der Waals surface area (Å²) in [6.07, 6.45) is 23.6. The summed E-state index contributed by atoms with van der Waals surface area (Å²) in [5.74, 6) is -2.55. The number of nitrogens with zero attached hydrogens (tertiary/aromatic N) is 2. The third kappa shape index (κ3) is 12.0. The zero-order valence-corrected chi connectivity index (χ0v) is 29.1. The van der Waals surface area contributed by atoms with E-state index in [-0.39, 0.29) is 18.9 Å². The molecule has 8 nitrogen and oxygen atoms in total. The Kier molecular flexibility index (Phi) is 17.0. The van der Waals surface area contributed by atoms with E-state index in [0.29, 0.717) is 17.8 Å². The maximum absolute atomic E-state index is 13.6. The van der Waals surface area contributed by atoms with E-state index in [4.69, 9.17) is 9.57 Å². The number of carbonyl (C=O) groups is 3. The Bertz CT molecular complexity index is 1400. The maximum atomic E-state index is 13.6. The lowest BCUT2D eigenvalue weighted by atomic mass is 9.83. The molecule has 1 aliphatic heterocycles. The lowest BCUT2D eigenvalue weighted by molar-refractivity contribution is -0.153. The van der Waals surface area contributed by atoms with Crippen molar-refractivity contribution >= 4 is 34.1 Å². The molecular weight excluding hydrogens is 609 g/mol. The monoisotopic (exact) mass is 663 g/mol. The van der Waals surface area contributed by atoms with Gasteiger partial charge in [-0.05, 0) is 50.0 Å². The quantitative estimate of drug-likeness (QED) is 0.0726. The molecule has 1 amide bonds. The summed E-state index contributed by atoms with van der Waals surface area (Å²) in [6.45, 7) is 4.73. The van der Waals surface area contributed by atoms with Crippen molar-refractivity contribution in [2.24, 2.45) is 11.1 Å². The van der Waals surface area contributed by atoms with Gasteiger partial charge >= 0.3 is 5.97 Å². The van der Waals surface area contributed by atoms with Crippen LogP contribution in [0.4, 0.5) is 4.39 Å². The molecule has 0 fully saturated rings. The topological polar surface area (TPSA) is 107 Å². The van der Waals surface area contributed by atoms with Gasteiger partial charge in [-0.1, -0.05) is 113 Å². The summed E-state index contributed by atoms with van der Waals surface area (Å²) in [6, 6.07) is 8.23. The zero-order chi connectivity index (χ0) is 34.6. The van der Waals surface area contributed by atoms with Gasteiger partial charge in [-0.25, -0.2) is 4.39 Å². The van der Waals surface area contributed by atoms with Crippen molar-refractivity contribution in [3.63, 3.8) is 0 Å². The number of ether oxygens (including phenoxy) is 1. The highest BCUT2D eigenvalue weighted by atomic mass is 19.1. The van der Waals surface area contributed by atoms with Gasteiger partial charge in [0.05, 0.1) is 18.7 Å². The number of hydrogen-bond acceptors (Lipinski definition) is 7. The molecule has 0 saturated heterocycles. The standard InChI is InChI=1S/C39H54FN3O5/c1-4-5-6-7-8-9-10-11-12-13-14-15-16-17-18-21-26-47-36(45)27-33(35(44)29-40)42-38(46)39(30(2)3)28-34(43-48-39)37-32-23-20-19-22-31(32)24-25-41-37/h8-9,11-12,19-20,22-25,30,33H,4-7,10,13-18,21,26-29H2,1-3H3,(H,42,46)/t33-,39+/m0/s1. The number of aromatic nitrogens is 1. The van der Waals surface area contributed by atoms with Gasteiger partial charge in [-0.15, -0.1) is 0 Å². The Morgan fingerprint density at radius 2 is 1.65 bits per heavy atom. The number of Topliss-reactive ketones (excluding diaryl/α,β-unsaturated/α-hetero) is 1. The Morgan fingerprint density at radius 3 is 2.35 bits per heavy atom. The largest absolute Gasteiger partial charge is 0.466 e. The lowest BCUT2D eigenvalue weighted by Gasteiger charge is -2.30. The van der Waals surface area contributed by atoms with Crippen LogP contribution in [0, 0.1) is 5.92 Å². The maximum Gasteiger partial charge on any atom is 0.308 e. The Hall–Kier alpha value is -3.88. The van der Waals surface area contributed by atoms with Crippen LogP contribution in [0.2, 0.25) is 0 Å². The number of pyridine rings is 1. The van der Waals surface area contributed by atoms with Gasteiger partial charge in [0, 0.05) is 23.9 Å². The van der Waals surface area contributed by atoms with Crippen LogP contribution in [0.1, 0.15) is 116 Å². The van der Waals surface area contributed by atoms with Crippen LogP contribution in [0.25, 0.3) is 10.8 Å². The first-order valence-electron chi connectivity index (χ1n) is 17.8. The highest BCUT2D eigenvalue weighted by molar-refractivity contribution is 6.12. The number of benzene rings is 1. The molecule has 0 unspecified atom stereocenters. The Labute approximate surface area is 285 Å². The number of oxime groups is 1. The molecule has 0 spiro atoms. The minimum absolute atomic E-state index is 0.103. The average Bonchev–Trinajstić information content (AvgIpc) is 3.56. The first-order chi connectivity index (χ1) is 23.3. The number of halogens is 1. The van der Waals surface area contributed by atoms with E-state index in [1.807, 2.05) is 44.2 Å². The van der Waals surface area contributed by atoms with Gasteiger partial charge in [0.15, 0.2) is 5.78 Å². The number of amides is 1. The molecule has 1 N–H and O–H groups in total. The van der Waals surface area contributed by atoms with E-state index in [2.05, 4.69) is 46.7 Å². The van der Waals surface area contributed by atoms with E-state index in [1.54, 1.807) is 6.20 Å². The van der Waals surface area contributed by atoms with Gasteiger partial charge in [-0.2, -0.15) is 0 Å². The molecule has 0 radical (unpaired) electrons. The second-order valence-corrected chi connectivity index (χ2v) is 12.9. The van der Waals surface area contributed by atoms with Crippen LogP contribution in [0.3, 0.4) is 0 Å². The molecule has 0 saturated carbocycles. The smallest absolute Gasteiger partial charge is 0.308 e. The number of fused-ring (bicyclic) bond motifs is 1. The predicted molar refractivity (Wildman–Crippen MR) is 189 cm³/mol. The number of alkyl halides is 1. The van der Waals surface area contributed by atoms with Gasteiger partial charge in [0.25, 0.3) is 5.91 Å². The molecular formula is C39H54FN3O5. The summed E-state index contributed by atoms with van der Waals surface area (Å²) in [5.41, 5.74) is -0.349. The molecule has 262 valence electrons. The van der Waals surface area contributed by atoms with Crippen molar-refractivity contribution in [1.29, 1.82) is 0 Å². The predicted octanol–water partition coefficient (Wildman–Crippen LogP) is 8.52. The number of carbonyl (C=O) groups excluding carboxylic acids is 3. The molecule has 0 bridgehead atoms. The Morgan fingerprint density at radius 1 is 0.958 bits per heavy atom. The molecule has 0 aliphatic carbocycles. The van der Waals surface area contributed by atoms with Gasteiger partial charge in [0.2, 0.25) is 5.60 Å². The van der Waals surface area contributed by atoms with Gasteiger partial charge < -0.3 is 14.9 Å². The number of hydrogen-bond donors (Lipinski definition) is 1. The fourth-order valence-electron chi connectivity index (χ4n) is 5.74. The third-order valence-corrected chi connectivity index (χ3v) is 8.82. The second-order valence-electron chi connectivity index (χ2n) is 12.9. The average molecular weight is 664 g/mol. The number of unbranched alkanes of at least 4 members (excludes halogenated alkanes) is 9. The highest BCUT2D eigenvalue weighted by Crippen LogP contribution is 2.35. The minimum atomic E-state index is -1.45. The number of nitrogens with one attached hydrogen (secondary N) is 1. The van der Waals surface area contributed by atoms with Crippen molar-refractivity contribution < 1.29 is 28.3 Å². The van der Waals surface area contributed by atoms with Crippen molar-refractivity contribution in [3.05, 3.63) is 66.5 Å². The highest BCUT2D eigenvalue weighted by Gasteiger charge is 2.51. The fourth-order valence-corrected chi connectivity index (χ4v) is 5.74. The zero-order valence-electron chi connectivity index (χ0n) is 29.1. The normalized spacial score (nSPS) is 16.8. The molecule has 2 heterocycles. The van der Waals surface area contributed by atoms with Crippen molar-refractivity contribution in [3.8, 4) is 0 Å². The van der Waals surface area contributed by atoms with Crippen LogP contribution < -0.4 is 5.32 Å². The van der Waals surface area contributed by atoms with Crippen LogP contribution in [-0.2, 0) is 24.0 Å². The van der Waals surface area contributed by atoms with Crippen LogP contribution >= 0.6 is 0 Å². The van der Waals surface area contributed by atoms with Gasteiger partial charge in [0.1, 0.15) is 18.4 Å². The first kappa shape index (κ1) is 38.6. The molecule has 1 aromatic heterocycles. The Balaban J connectivity index is 1.37. The molecule has 9 heteroatoms. The molecule has 1 aliphatic rings. The summed E-state index contributed by atoms with van der Waals surface area (Å²) in [7, 11) is 0. The number of allylic oxidation sites excluding steroid dienone is 4. The van der Waals surface area contributed by atoms with Crippen LogP contribution in [0.5, 0.6) is 0 Å². The first-order valence-corrected chi connectivity index (χ1v) is 17.8. The van der Waals surface area contributed by atoms with Crippen molar-refractivity contribution in [1.82, 2.24) is 10.3 Å². The molecule has 1 aromatic carbocycles. The number of esters is 1. The van der Waals surface area contributed by atoms with Crippen molar-refractivity contribution in [2.45, 2.75) is 122 Å². The minimum Gasteiger partial charge on any atom is -0.466 e. The van der Waals surface area contributed by atoms with E-state index in [0.717, 1.165) is 55.7 Å². The summed E-state index contributed by atoms with van der Waals surface area (Å²) >= 11 is 0. The summed E-state index contributed by atoms with van der Waals surface area (Å²) in [5, 5.41) is 8.65. The summed E-state index contributed by atoms with van der Waals surface area (Å²) in [4.78, 5) is 48.9. The number of ketones is 1. The molecule has 48 heavy (non-hydrogen) atoms. The lowest BCUT2D eigenvalue weighted by Crippen LogP contribution is -2.55. The SMILES string of the molecule is CCCCCC=CCC=CCCCCCCCCOC(=O)C[C@H](NC(=O)[C@]1(C(C)C)CC(c2nccc3ccccc23)=NO1)C(=O)CF. The molecule has 3 rings (SSSR count). The second kappa shape index (κ2) is 21.2. The van der Waals surface area contributed by atoms with E-state index >= 15 is 0 Å². The van der Waals surface area contributed by atoms with E-state index < -0.39 is 42.4 Å². The van der Waals surface area contributed by atoms with Crippen LogP contribution in [-0.4, -0.2) is 53.3 Å². The molecule has 2 atom stereocenters. The van der Waals surface area contributed by atoms with E-state index in [1.165, 1.54) is 25.7 Å². The fraction of sp³-hybridized carbons (Fsp3) is 0.564.